The molecule has 0 aliphatic carbocycles. The molecular weight excluding hydrogens is 246 g/mol. The molecule has 1 aromatic carbocycles. The van der Waals surface area contributed by atoms with Crippen LogP contribution in [0.5, 0.6) is 0 Å². The summed E-state index contributed by atoms with van der Waals surface area (Å²) >= 11 is 0. The summed E-state index contributed by atoms with van der Waals surface area (Å²) in [6.45, 7) is 0.104. The van der Waals surface area contributed by atoms with Gasteiger partial charge in [-0.3, -0.25) is 4.90 Å². The lowest BCUT2D eigenvalue weighted by Gasteiger charge is -2.26. The molecule has 19 heavy (non-hydrogen) atoms. The summed E-state index contributed by atoms with van der Waals surface area (Å²) in [4.78, 5) is 15.0. The molecule has 0 heterocycles. The molecule has 0 radical (unpaired) electrons. The summed E-state index contributed by atoms with van der Waals surface area (Å²) in [5.41, 5.74) is 9.12. The maximum Gasteiger partial charge on any atom is 0.407 e. The van der Waals surface area contributed by atoms with Crippen LogP contribution >= 0.6 is 0 Å². The van der Waals surface area contributed by atoms with Gasteiger partial charge < -0.3 is 5.11 Å². The van der Waals surface area contributed by atoms with Crippen molar-refractivity contribution in [1.82, 2.24) is 4.90 Å². The second-order valence-corrected chi connectivity index (χ2v) is 3.83. The van der Waals surface area contributed by atoms with Crippen molar-refractivity contribution in [3.05, 3.63) is 46.3 Å². The summed E-state index contributed by atoms with van der Waals surface area (Å²) in [7, 11) is 0. The highest BCUT2D eigenvalue weighted by atomic mass is 16.4. The topological polar surface area (TPSA) is 113 Å². The zero-order valence-corrected chi connectivity index (χ0v) is 10.2. The number of carboxylic acid groups (broad SMARTS) is 1. The first-order chi connectivity index (χ1) is 9.19. The molecule has 1 rings (SSSR count). The van der Waals surface area contributed by atoms with Gasteiger partial charge in [0.05, 0.1) is 18.5 Å². The molecule has 1 atom stereocenters. The average molecular weight is 259 g/mol. The fourth-order valence-electron chi connectivity index (χ4n) is 1.64. The van der Waals surface area contributed by atoms with E-state index >= 15 is 0 Å². The van der Waals surface area contributed by atoms with Crippen molar-refractivity contribution in [1.29, 1.82) is 5.26 Å². The van der Waals surface area contributed by atoms with E-state index in [4.69, 9.17) is 10.8 Å². The lowest BCUT2D eigenvalue weighted by atomic mass is 10.1. The van der Waals surface area contributed by atoms with Crippen molar-refractivity contribution in [3.63, 3.8) is 0 Å². The molecule has 1 unspecified atom stereocenters. The first kappa shape index (κ1) is 14.4. The van der Waals surface area contributed by atoms with E-state index in [9.17, 15) is 9.90 Å². The smallest absolute Gasteiger partial charge is 0.407 e. The van der Waals surface area contributed by atoms with Gasteiger partial charge in [0, 0.05) is 18.0 Å². The van der Waals surface area contributed by atoms with E-state index in [1.165, 1.54) is 0 Å². The molecule has 1 amide bonds. The Hall–Kier alpha value is -2.71. The Kier molecular flexibility index (Phi) is 5.73. The lowest BCUT2D eigenvalue weighted by molar-refractivity contribution is 0.122. The Morgan fingerprint density at radius 1 is 1.53 bits per heavy atom. The van der Waals surface area contributed by atoms with Crippen LogP contribution in [0.4, 0.5) is 4.79 Å². The van der Waals surface area contributed by atoms with Crippen molar-refractivity contribution in [2.75, 3.05) is 6.54 Å². The van der Waals surface area contributed by atoms with E-state index in [0.29, 0.717) is 0 Å². The minimum Gasteiger partial charge on any atom is -0.465 e. The maximum absolute atomic E-state index is 11.3. The van der Waals surface area contributed by atoms with E-state index in [-0.39, 0.29) is 19.5 Å². The summed E-state index contributed by atoms with van der Waals surface area (Å²) in [6.07, 6.45) is -1.16. The van der Waals surface area contributed by atoms with Gasteiger partial charge in [-0.15, -0.1) is 0 Å². The molecular formula is C12H13N5O2. The summed E-state index contributed by atoms with van der Waals surface area (Å²) < 4.78 is 0. The van der Waals surface area contributed by atoms with Crippen molar-refractivity contribution in [2.45, 2.75) is 19.0 Å². The number of carbonyl (C=O) groups is 1. The number of hydrogen-bond donors (Lipinski definition) is 1. The van der Waals surface area contributed by atoms with Gasteiger partial charge in [-0.05, 0) is 11.1 Å². The molecule has 0 fully saturated rings. The molecule has 0 spiro atoms. The largest absolute Gasteiger partial charge is 0.465 e. The first-order valence-electron chi connectivity index (χ1n) is 5.60. The molecule has 0 bridgehead atoms. The second-order valence-electron chi connectivity index (χ2n) is 3.83. The molecule has 1 N–H and O–H groups in total. The molecule has 7 nitrogen and oxygen atoms in total. The Bertz CT molecular complexity index is 505. The highest BCUT2D eigenvalue weighted by Crippen LogP contribution is 2.12. The Morgan fingerprint density at radius 3 is 2.74 bits per heavy atom. The molecule has 0 saturated carbocycles. The van der Waals surface area contributed by atoms with Crippen LogP contribution in [0, 0.1) is 11.3 Å². The Labute approximate surface area is 110 Å². The lowest BCUT2D eigenvalue weighted by Crippen LogP contribution is -2.40. The Morgan fingerprint density at radius 2 is 2.21 bits per heavy atom. The molecule has 0 aliphatic rings. The highest BCUT2D eigenvalue weighted by molar-refractivity contribution is 5.65. The molecule has 0 aromatic heterocycles. The van der Waals surface area contributed by atoms with Gasteiger partial charge in [-0.1, -0.05) is 35.4 Å². The number of nitrogens with zero attached hydrogens (tertiary/aromatic N) is 5. The van der Waals surface area contributed by atoms with Crippen molar-refractivity contribution in [3.8, 4) is 6.07 Å². The van der Waals surface area contributed by atoms with Gasteiger partial charge in [0.2, 0.25) is 0 Å². The third-order valence-corrected chi connectivity index (χ3v) is 2.56. The van der Waals surface area contributed by atoms with E-state index < -0.39 is 12.1 Å². The van der Waals surface area contributed by atoms with Crippen LogP contribution in [0.15, 0.2) is 35.4 Å². The normalized spacial score (nSPS) is 10.9. The quantitative estimate of drug-likeness (QED) is 0.481. The second kappa shape index (κ2) is 7.58. The van der Waals surface area contributed by atoms with E-state index in [1.54, 1.807) is 12.1 Å². The molecule has 0 saturated heterocycles. The Balaban J connectivity index is 2.87. The summed E-state index contributed by atoms with van der Waals surface area (Å²) in [5, 5.41) is 21.3. The van der Waals surface area contributed by atoms with Crippen LogP contribution in [0.25, 0.3) is 10.4 Å². The number of nitriles is 1. The predicted molar refractivity (Wildman–Crippen MR) is 68.0 cm³/mol. The third-order valence-electron chi connectivity index (χ3n) is 2.56. The third kappa shape index (κ3) is 4.58. The molecule has 98 valence electrons. The van der Waals surface area contributed by atoms with Crippen molar-refractivity contribution in [2.24, 2.45) is 5.11 Å². The van der Waals surface area contributed by atoms with Crippen LogP contribution in [-0.2, 0) is 6.54 Å². The van der Waals surface area contributed by atoms with Gasteiger partial charge in [-0.25, -0.2) is 4.79 Å². The SMILES string of the molecule is N#CCC(CN=[N+]=[N-])N(Cc1ccccc1)C(=O)O. The number of benzene rings is 1. The number of amides is 1. The zero-order chi connectivity index (χ0) is 14.1. The number of azide groups is 1. The maximum atomic E-state index is 11.3. The molecule has 7 heteroatoms. The minimum atomic E-state index is -1.14. The van der Waals surface area contributed by atoms with Crippen LogP contribution < -0.4 is 0 Å². The fraction of sp³-hybridized carbons (Fsp3) is 0.333. The highest BCUT2D eigenvalue weighted by Gasteiger charge is 2.22. The predicted octanol–water partition coefficient (Wildman–Crippen LogP) is 2.76. The standard InChI is InChI=1S/C12H13N5O2/c13-7-6-11(8-15-16-14)17(12(18)19)9-10-4-2-1-3-5-10/h1-5,11H,6,8-9H2,(H,18,19). The summed E-state index contributed by atoms with van der Waals surface area (Å²) in [6, 6.07) is 10.3. The van der Waals surface area contributed by atoms with Crippen molar-refractivity contribution < 1.29 is 9.90 Å². The van der Waals surface area contributed by atoms with Crippen LogP contribution in [-0.4, -0.2) is 28.7 Å². The van der Waals surface area contributed by atoms with Crippen LogP contribution in [0.3, 0.4) is 0 Å². The fourth-order valence-corrected chi connectivity index (χ4v) is 1.64. The summed E-state index contributed by atoms with van der Waals surface area (Å²) in [5.74, 6) is 0. The van der Waals surface area contributed by atoms with E-state index in [2.05, 4.69) is 10.0 Å². The first-order valence-corrected chi connectivity index (χ1v) is 5.60. The van der Waals surface area contributed by atoms with Crippen LogP contribution in [0.1, 0.15) is 12.0 Å². The van der Waals surface area contributed by atoms with Crippen LogP contribution in [0.2, 0.25) is 0 Å². The van der Waals surface area contributed by atoms with Gasteiger partial charge in [0.15, 0.2) is 0 Å². The van der Waals surface area contributed by atoms with Gasteiger partial charge in [-0.2, -0.15) is 5.26 Å². The minimum absolute atomic E-state index is 0.0157. The molecule has 0 aliphatic heterocycles. The number of rotatable bonds is 6. The number of hydrogen-bond acceptors (Lipinski definition) is 3. The van der Waals surface area contributed by atoms with E-state index in [0.717, 1.165) is 10.5 Å². The average Bonchev–Trinajstić information content (AvgIpc) is 2.42. The van der Waals surface area contributed by atoms with Gasteiger partial charge in [0.25, 0.3) is 0 Å². The molecule has 1 aromatic rings. The van der Waals surface area contributed by atoms with Gasteiger partial charge >= 0.3 is 6.09 Å². The van der Waals surface area contributed by atoms with Crippen molar-refractivity contribution >= 4 is 6.09 Å². The zero-order valence-electron chi connectivity index (χ0n) is 10.2. The van der Waals surface area contributed by atoms with E-state index in [1.807, 2.05) is 24.3 Å². The van der Waals surface area contributed by atoms with Gasteiger partial charge in [0.1, 0.15) is 0 Å². The monoisotopic (exact) mass is 259 g/mol.